The monoisotopic (exact) mass is 275 g/mol. The molecule has 20 heavy (non-hydrogen) atoms. The van der Waals surface area contributed by atoms with Gasteiger partial charge in [-0.05, 0) is 39.0 Å². The van der Waals surface area contributed by atoms with Crippen LogP contribution in [-0.2, 0) is 0 Å². The van der Waals surface area contributed by atoms with E-state index in [0.717, 1.165) is 49.1 Å². The standard InChI is InChI=1S/C16H25N3O/c1-12-13(2)18-15(9-17-12)19-7-3-6-16(10-19,11-20)8-14-4-5-14/h9,14,20H,3-8,10-11H2,1-2H3/t16-/m1/s1. The number of piperidine rings is 1. The maximum absolute atomic E-state index is 9.92. The lowest BCUT2D eigenvalue weighted by molar-refractivity contribution is 0.0901. The van der Waals surface area contributed by atoms with Gasteiger partial charge in [0.2, 0.25) is 0 Å². The van der Waals surface area contributed by atoms with Gasteiger partial charge in [0.25, 0.3) is 0 Å². The maximum Gasteiger partial charge on any atom is 0.147 e. The number of nitrogens with zero attached hydrogens (tertiary/aromatic N) is 3. The number of aryl methyl sites for hydroxylation is 2. The highest BCUT2D eigenvalue weighted by molar-refractivity contribution is 5.38. The Kier molecular flexibility index (Phi) is 3.67. The summed E-state index contributed by atoms with van der Waals surface area (Å²) in [5.41, 5.74) is 2.09. The van der Waals surface area contributed by atoms with Gasteiger partial charge < -0.3 is 10.0 Å². The molecule has 1 atom stereocenters. The first-order valence-corrected chi connectivity index (χ1v) is 7.78. The topological polar surface area (TPSA) is 49.2 Å². The highest BCUT2D eigenvalue weighted by atomic mass is 16.3. The molecule has 1 saturated carbocycles. The summed E-state index contributed by atoms with van der Waals surface area (Å²) >= 11 is 0. The van der Waals surface area contributed by atoms with E-state index in [2.05, 4.69) is 14.9 Å². The quantitative estimate of drug-likeness (QED) is 0.917. The Hall–Kier alpha value is -1.16. The molecule has 0 unspecified atom stereocenters. The van der Waals surface area contributed by atoms with Gasteiger partial charge in [0.15, 0.2) is 0 Å². The van der Waals surface area contributed by atoms with Crippen LogP contribution >= 0.6 is 0 Å². The van der Waals surface area contributed by atoms with E-state index in [4.69, 9.17) is 0 Å². The van der Waals surface area contributed by atoms with E-state index in [1.807, 2.05) is 20.0 Å². The molecule has 0 amide bonds. The van der Waals surface area contributed by atoms with Crippen LogP contribution in [0.25, 0.3) is 0 Å². The second-order valence-corrected chi connectivity index (χ2v) is 6.73. The summed E-state index contributed by atoms with van der Waals surface area (Å²) in [6, 6.07) is 0. The van der Waals surface area contributed by atoms with Crippen molar-refractivity contribution >= 4 is 5.82 Å². The van der Waals surface area contributed by atoms with E-state index >= 15 is 0 Å². The molecule has 0 spiro atoms. The van der Waals surface area contributed by atoms with E-state index in [0.29, 0.717) is 6.61 Å². The average Bonchev–Trinajstić information content (AvgIpc) is 3.26. The van der Waals surface area contributed by atoms with Gasteiger partial charge in [-0.2, -0.15) is 0 Å². The summed E-state index contributed by atoms with van der Waals surface area (Å²) in [5, 5.41) is 9.92. The lowest BCUT2D eigenvalue weighted by Gasteiger charge is -2.42. The van der Waals surface area contributed by atoms with Crippen molar-refractivity contribution in [3.8, 4) is 0 Å². The Bertz CT molecular complexity index is 487. The van der Waals surface area contributed by atoms with Crippen molar-refractivity contribution in [3.05, 3.63) is 17.6 Å². The average molecular weight is 275 g/mol. The zero-order valence-electron chi connectivity index (χ0n) is 12.6. The van der Waals surface area contributed by atoms with Gasteiger partial charge in [-0.3, -0.25) is 4.98 Å². The summed E-state index contributed by atoms with van der Waals surface area (Å²) in [5.74, 6) is 1.83. The van der Waals surface area contributed by atoms with Crippen molar-refractivity contribution < 1.29 is 5.11 Å². The van der Waals surface area contributed by atoms with Gasteiger partial charge in [-0.15, -0.1) is 0 Å². The molecule has 0 bridgehead atoms. The van der Waals surface area contributed by atoms with Crippen LogP contribution in [0.4, 0.5) is 5.82 Å². The molecule has 1 saturated heterocycles. The van der Waals surface area contributed by atoms with Gasteiger partial charge in [0.05, 0.1) is 24.2 Å². The predicted octanol–water partition coefficient (Wildman–Crippen LogP) is 2.47. The molecule has 1 aliphatic heterocycles. The number of aliphatic hydroxyl groups excluding tert-OH is 1. The zero-order valence-corrected chi connectivity index (χ0v) is 12.6. The molecule has 1 aliphatic carbocycles. The molecule has 0 radical (unpaired) electrons. The van der Waals surface area contributed by atoms with Gasteiger partial charge in [0, 0.05) is 18.5 Å². The molecule has 4 nitrogen and oxygen atoms in total. The Morgan fingerprint density at radius 2 is 2.15 bits per heavy atom. The van der Waals surface area contributed by atoms with Gasteiger partial charge in [0.1, 0.15) is 5.82 Å². The smallest absolute Gasteiger partial charge is 0.147 e. The highest BCUT2D eigenvalue weighted by Gasteiger charge is 2.40. The molecular weight excluding hydrogens is 250 g/mol. The lowest BCUT2D eigenvalue weighted by Crippen LogP contribution is -2.46. The van der Waals surface area contributed by atoms with E-state index < -0.39 is 0 Å². The number of anilines is 1. The minimum absolute atomic E-state index is 0.0832. The van der Waals surface area contributed by atoms with Crippen LogP contribution in [0.3, 0.4) is 0 Å². The molecule has 2 fully saturated rings. The van der Waals surface area contributed by atoms with E-state index in [9.17, 15) is 5.11 Å². The Morgan fingerprint density at radius 1 is 1.35 bits per heavy atom. The Balaban J connectivity index is 1.77. The van der Waals surface area contributed by atoms with Crippen molar-refractivity contribution in [1.82, 2.24) is 9.97 Å². The van der Waals surface area contributed by atoms with Crippen LogP contribution < -0.4 is 4.90 Å². The first-order chi connectivity index (χ1) is 9.62. The fourth-order valence-corrected chi connectivity index (χ4v) is 3.38. The van der Waals surface area contributed by atoms with E-state index in [1.54, 1.807) is 0 Å². The second-order valence-electron chi connectivity index (χ2n) is 6.73. The molecule has 1 N–H and O–H groups in total. The van der Waals surface area contributed by atoms with Crippen molar-refractivity contribution in [2.75, 3.05) is 24.6 Å². The number of hydrogen-bond acceptors (Lipinski definition) is 4. The number of rotatable bonds is 4. The minimum atomic E-state index is 0.0832. The van der Waals surface area contributed by atoms with Crippen LogP contribution in [0.2, 0.25) is 0 Å². The fraction of sp³-hybridized carbons (Fsp3) is 0.750. The first-order valence-electron chi connectivity index (χ1n) is 7.78. The summed E-state index contributed by atoms with van der Waals surface area (Å²) in [6.45, 7) is 6.27. The third kappa shape index (κ3) is 2.80. The molecule has 110 valence electrons. The Labute approximate surface area is 121 Å². The summed E-state index contributed by atoms with van der Waals surface area (Å²) in [4.78, 5) is 11.4. The first kappa shape index (κ1) is 13.8. The summed E-state index contributed by atoms with van der Waals surface area (Å²) < 4.78 is 0. The van der Waals surface area contributed by atoms with Crippen molar-refractivity contribution in [2.24, 2.45) is 11.3 Å². The number of hydrogen-bond donors (Lipinski definition) is 1. The molecule has 2 aliphatic rings. The summed E-state index contributed by atoms with van der Waals surface area (Å²) in [7, 11) is 0. The van der Waals surface area contributed by atoms with Gasteiger partial charge in [-0.1, -0.05) is 12.8 Å². The van der Waals surface area contributed by atoms with E-state index in [1.165, 1.54) is 19.3 Å². The zero-order chi connectivity index (χ0) is 14.2. The SMILES string of the molecule is Cc1ncc(N2CCC[C@@](CO)(CC3CC3)C2)nc1C. The lowest BCUT2D eigenvalue weighted by atomic mass is 9.76. The third-order valence-electron chi connectivity index (χ3n) is 4.92. The van der Waals surface area contributed by atoms with Crippen molar-refractivity contribution in [1.29, 1.82) is 0 Å². The van der Waals surface area contributed by atoms with Crippen molar-refractivity contribution in [2.45, 2.75) is 46.0 Å². The normalized spacial score (nSPS) is 26.9. The molecule has 3 rings (SSSR count). The molecule has 0 aromatic carbocycles. The maximum atomic E-state index is 9.92. The van der Waals surface area contributed by atoms with Crippen LogP contribution in [0.15, 0.2) is 6.20 Å². The fourth-order valence-electron chi connectivity index (χ4n) is 3.38. The van der Waals surface area contributed by atoms with Crippen LogP contribution in [0, 0.1) is 25.2 Å². The van der Waals surface area contributed by atoms with Gasteiger partial charge in [-0.25, -0.2) is 4.98 Å². The second kappa shape index (κ2) is 5.32. The van der Waals surface area contributed by atoms with Crippen LogP contribution in [-0.4, -0.2) is 34.8 Å². The Morgan fingerprint density at radius 3 is 2.80 bits per heavy atom. The third-order valence-corrected chi connectivity index (χ3v) is 4.92. The molecule has 2 heterocycles. The van der Waals surface area contributed by atoms with Crippen LogP contribution in [0.1, 0.15) is 43.5 Å². The molecule has 1 aromatic heterocycles. The van der Waals surface area contributed by atoms with Crippen LogP contribution in [0.5, 0.6) is 0 Å². The minimum Gasteiger partial charge on any atom is -0.396 e. The van der Waals surface area contributed by atoms with Gasteiger partial charge >= 0.3 is 0 Å². The molecule has 1 aromatic rings. The largest absolute Gasteiger partial charge is 0.396 e. The number of aliphatic hydroxyl groups is 1. The predicted molar refractivity (Wildman–Crippen MR) is 79.8 cm³/mol. The molecule has 4 heteroatoms. The van der Waals surface area contributed by atoms with Crippen molar-refractivity contribution in [3.63, 3.8) is 0 Å². The molecular formula is C16H25N3O. The summed E-state index contributed by atoms with van der Waals surface area (Å²) in [6.07, 6.45) is 8.05. The number of aromatic nitrogens is 2. The van der Waals surface area contributed by atoms with E-state index in [-0.39, 0.29) is 5.41 Å². The highest BCUT2D eigenvalue weighted by Crippen LogP contribution is 2.44.